The molecule has 17 heavy (non-hydrogen) atoms. The predicted molar refractivity (Wildman–Crippen MR) is 71.9 cm³/mol. The van der Waals surface area contributed by atoms with Crippen LogP contribution in [0.3, 0.4) is 0 Å². The van der Waals surface area contributed by atoms with Crippen LogP contribution in [-0.4, -0.2) is 36.5 Å². The highest BCUT2D eigenvalue weighted by Gasteiger charge is 2.30. The molecule has 100 valence electrons. The van der Waals surface area contributed by atoms with Crippen molar-refractivity contribution in [3.63, 3.8) is 0 Å². The van der Waals surface area contributed by atoms with E-state index in [0.717, 1.165) is 26.1 Å². The summed E-state index contributed by atoms with van der Waals surface area (Å²) in [4.78, 5) is 14.1. The third-order valence-corrected chi connectivity index (χ3v) is 3.74. The van der Waals surface area contributed by atoms with Gasteiger partial charge in [0, 0.05) is 25.6 Å². The Balaban J connectivity index is 2.61. The fraction of sp³-hybridized carbons (Fsp3) is 0.929. The van der Waals surface area contributed by atoms with E-state index in [9.17, 15) is 4.79 Å². The largest absolute Gasteiger partial charge is 0.341 e. The summed E-state index contributed by atoms with van der Waals surface area (Å²) in [5.74, 6) is 1.64. The molecule has 0 saturated carbocycles. The van der Waals surface area contributed by atoms with Gasteiger partial charge in [-0.25, -0.2) is 0 Å². The number of likely N-dealkylation sites (tertiary alicyclic amines) is 1. The first-order valence-corrected chi connectivity index (χ1v) is 7.09. The van der Waals surface area contributed by atoms with Gasteiger partial charge in [0.25, 0.3) is 0 Å². The fourth-order valence-corrected chi connectivity index (χ4v) is 2.63. The van der Waals surface area contributed by atoms with Crippen LogP contribution in [0.25, 0.3) is 0 Å². The molecule has 0 radical (unpaired) electrons. The zero-order valence-corrected chi connectivity index (χ0v) is 11.8. The van der Waals surface area contributed by atoms with E-state index in [1.54, 1.807) is 0 Å². The zero-order valence-electron chi connectivity index (χ0n) is 11.8. The molecule has 0 bridgehead atoms. The third-order valence-electron chi connectivity index (χ3n) is 3.74. The second-order valence-electron chi connectivity index (χ2n) is 5.54. The van der Waals surface area contributed by atoms with E-state index in [1.807, 2.05) is 0 Å². The maximum absolute atomic E-state index is 12.0. The van der Waals surface area contributed by atoms with Crippen LogP contribution >= 0.6 is 0 Å². The van der Waals surface area contributed by atoms with Gasteiger partial charge in [0.1, 0.15) is 0 Å². The molecule has 1 saturated heterocycles. The van der Waals surface area contributed by atoms with Crippen LogP contribution in [0, 0.1) is 11.8 Å². The lowest BCUT2D eigenvalue weighted by Crippen LogP contribution is -2.52. The Morgan fingerprint density at radius 3 is 2.59 bits per heavy atom. The molecule has 0 aromatic carbocycles. The van der Waals surface area contributed by atoms with Gasteiger partial charge in [-0.15, -0.1) is 0 Å². The van der Waals surface area contributed by atoms with Crippen molar-refractivity contribution in [1.29, 1.82) is 0 Å². The van der Waals surface area contributed by atoms with Crippen LogP contribution in [0.15, 0.2) is 0 Å². The second-order valence-corrected chi connectivity index (χ2v) is 5.54. The number of nitrogens with zero attached hydrogens (tertiary/aromatic N) is 1. The molecule has 1 heterocycles. The molecule has 3 nitrogen and oxygen atoms in total. The van der Waals surface area contributed by atoms with E-state index in [0.29, 0.717) is 30.2 Å². The topological polar surface area (TPSA) is 32.3 Å². The number of nitrogens with one attached hydrogen (secondary N) is 1. The molecule has 1 N–H and O–H groups in total. The van der Waals surface area contributed by atoms with Crippen LogP contribution in [0.1, 0.15) is 47.0 Å². The van der Waals surface area contributed by atoms with Crippen molar-refractivity contribution in [3.8, 4) is 0 Å². The summed E-state index contributed by atoms with van der Waals surface area (Å²) in [6.07, 6.45) is 2.86. The highest BCUT2D eigenvalue weighted by atomic mass is 16.2. The van der Waals surface area contributed by atoms with Crippen LogP contribution < -0.4 is 5.32 Å². The summed E-state index contributed by atoms with van der Waals surface area (Å²) >= 11 is 0. The molecular formula is C14H28N2O. The Labute approximate surface area is 106 Å². The quantitative estimate of drug-likeness (QED) is 0.799. The predicted octanol–water partition coefficient (Wildman–Crippen LogP) is 2.27. The van der Waals surface area contributed by atoms with Crippen molar-refractivity contribution in [3.05, 3.63) is 0 Å². The summed E-state index contributed by atoms with van der Waals surface area (Å²) in [5, 5.41) is 3.50. The molecular weight excluding hydrogens is 212 g/mol. The number of likely N-dealkylation sites (N-methyl/N-ethyl adjacent to an activating group) is 1. The first-order chi connectivity index (χ1) is 8.08. The summed E-state index contributed by atoms with van der Waals surface area (Å²) in [6.45, 7) is 11.6. The van der Waals surface area contributed by atoms with Gasteiger partial charge in [0.15, 0.2) is 0 Å². The van der Waals surface area contributed by atoms with Crippen LogP contribution in [-0.2, 0) is 4.79 Å². The van der Waals surface area contributed by atoms with Crippen molar-refractivity contribution >= 4 is 5.91 Å². The Morgan fingerprint density at radius 1 is 1.35 bits per heavy atom. The molecule has 1 aliphatic heterocycles. The Morgan fingerprint density at radius 2 is 2.06 bits per heavy atom. The van der Waals surface area contributed by atoms with Crippen molar-refractivity contribution < 1.29 is 4.79 Å². The van der Waals surface area contributed by atoms with Crippen LogP contribution in [0.5, 0.6) is 0 Å². The van der Waals surface area contributed by atoms with Crippen LogP contribution in [0.4, 0.5) is 0 Å². The standard InChI is InChI=1S/C14H28N2O/c1-5-7-14(17)16-9-12(11(3)4)8-13(10-16)15-6-2/h11-13,15H,5-10H2,1-4H3. The molecule has 2 unspecified atom stereocenters. The monoisotopic (exact) mass is 240 g/mol. The highest BCUT2D eigenvalue weighted by Crippen LogP contribution is 2.24. The lowest BCUT2D eigenvalue weighted by atomic mass is 9.85. The fourth-order valence-electron chi connectivity index (χ4n) is 2.63. The molecule has 1 aliphatic rings. The number of amides is 1. The molecule has 0 aliphatic carbocycles. The molecule has 0 spiro atoms. The van der Waals surface area contributed by atoms with Crippen LogP contribution in [0.2, 0.25) is 0 Å². The molecule has 2 atom stereocenters. The number of carbonyl (C=O) groups is 1. The molecule has 0 aromatic heterocycles. The first kappa shape index (κ1) is 14.5. The number of rotatable bonds is 5. The highest BCUT2D eigenvalue weighted by molar-refractivity contribution is 5.76. The second kappa shape index (κ2) is 7.00. The van der Waals surface area contributed by atoms with Gasteiger partial charge in [-0.2, -0.15) is 0 Å². The number of hydrogen-bond donors (Lipinski definition) is 1. The van der Waals surface area contributed by atoms with E-state index in [1.165, 1.54) is 6.42 Å². The van der Waals surface area contributed by atoms with Crippen molar-refractivity contribution in [1.82, 2.24) is 10.2 Å². The van der Waals surface area contributed by atoms with Crippen molar-refractivity contribution in [2.45, 2.75) is 53.0 Å². The van der Waals surface area contributed by atoms with Gasteiger partial charge in [0.05, 0.1) is 0 Å². The molecule has 1 amide bonds. The van der Waals surface area contributed by atoms with Gasteiger partial charge in [-0.3, -0.25) is 4.79 Å². The summed E-state index contributed by atoms with van der Waals surface area (Å²) in [5.41, 5.74) is 0. The molecule has 1 fully saturated rings. The normalized spacial score (nSPS) is 25.4. The minimum absolute atomic E-state index is 0.334. The lowest BCUT2D eigenvalue weighted by Gasteiger charge is -2.40. The number of piperidine rings is 1. The lowest BCUT2D eigenvalue weighted by molar-refractivity contribution is -0.134. The van der Waals surface area contributed by atoms with E-state index in [4.69, 9.17) is 0 Å². The molecule has 3 heteroatoms. The third kappa shape index (κ3) is 4.30. The van der Waals surface area contributed by atoms with Crippen molar-refractivity contribution in [2.24, 2.45) is 11.8 Å². The van der Waals surface area contributed by atoms with E-state index in [-0.39, 0.29) is 0 Å². The Kier molecular flexibility index (Phi) is 5.96. The minimum atomic E-state index is 0.334. The van der Waals surface area contributed by atoms with E-state index >= 15 is 0 Å². The Hall–Kier alpha value is -0.570. The summed E-state index contributed by atoms with van der Waals surface area (Å²) in [6, 6.07) is 0.488. The van der Waals surface area contributed by atoms with Gasteiger partial charge in [-0.1, -0.05) is 27.7 Å². The average molecular weight is 240 g/mol. The van der Waals surface area contributed by atoms with E-state index in [2.05, 4.69) is 37.9 Å². The van der Waals surface area contributed by atoms with E-state index < -0.39 is 0 Å². The zero-order chi connectivity index (χ0) is 12.8. The Bertz CT molecular complexity index is 240. The van der Waals surface area contributed by atoms with Gasteiger partial charge >= 0.3 is 0 Å². The molecule has 1 rings (SSSR count). The van der Waals surface area contributed by atoms with Crippen molar-refractivity contribution in [2.75, 3.05) is 19.6 Å². The average Bonchev–Trinajstić information content (AvgIpc) is 2.29. The smallest absolute Gasteiger partial charge is 0.222 e. The maximum atomic E-state index is 12.0. The minimum Gasteiger partial charge on any atom is -0.341 e. The molecule has 0 aromatic rings. The number of carbonyl (C=O) groups excluding carboxylic acids is 1. The SMILES string of the molecule is CCCC(=O)N1CC(NCC)CC(C(C)C)C1. The van der Waals surface area contributed by atoms with Gasteiger partial charge in [-0.05, 0) is 31.2 Å². The summed E-state index contributed by atoms with van der Waals surface area (Å²) in [7, 11) is 0. The summed E-state index contributed by atoms with van der Waals surface area (Å²) < 4.78 is 0. The first-order valence-electron chi connectivity index (χ1n) is 7.09. The van der Waals surface area contributed by atoms with Gasteiger partial charge < -0.3 is 10.2 Å². The number of hydrogen-bond acceptors (Lipinski definition) is 2. The maximum Gasteiger partial charge on any atom is 0.222 e. The van der Waals surface area contributed by atoms with Gasteiger partial charge in [0.2, 0.25) is 5.91 Å².